The molecule has 0 spiro atoms. The van der Waals surface area contributed by atoms with E-state index in [1.54, 1.807) is 24.4 Å². The van der Waals surface area contributed by atoms with Crippen LogP contribution in [-0.4, -0.2) is 43.5 Å². The van der Waals surface area contributed by atoms with Gasteiger partial charge in [-0.15, -0.1) is 0 Å². The molecule has 0 atom stereocenters. The maximum atomic E-state index is 13.0. The summed E-state index contributed by atoms with van der Waals surface area (Å²) in [4.78, 5) is 24.4. The van der Waals surface area contributed by atoms with Crippen LogP contribution < -0.4 is 0 Å². The predicted molar refractivity (Wildman–Crippen MR) is 125 cm³/mol. The molecule has 1 fully saturated rings. The molecule has 0 aliphatic carbocycles. The maximum Gasteiger partial charge on any atom is 0.253 e. The summed E-state index contributed by atoms with van der Waals surface area (Å²) in [6.07, 6.45) is 3.43. The zero-order valence-electron chi connectivity index (χ0n) is 17.5. The lowest BCUT2D eigenvalue weighted by Gasteiger charge is -2.33. The maximum absolute atomic E-state index is 13.0. The van der Waals surface area contributed by atoms with Crippen LogP contribution in [0.1, 0.15) is 34.8 Å². The number of hydrogen-bond acceptors (Lipinski definition) is 4. The number of benzene rings is 2. The second-order valence-electron chi connectivity index (χ2n) is 8.01. The molecular formula is C25H23ClN4O2. The molecule has 0 saturated carbocycles. The minimum absolute atomic E-state index is 0.0354. The van der Waals surface area contributed by atoms with Gasteiger partial charge in [-0.1, -0.05) is 48.0 Å². The number of rotatable bonds is 4. The number of carbonyl (C=O) groups is 1. The van der Waals surface area contributed by atoms with Crippen molar-refractivity contribution in [3.8, 4) is 11.4 Å². The molecule has 0 unspecified atom stereocenters. The van der Waals surface area contributed by atoms with E-state index in [-0.39, 0.29) is 18.6 Å². The number of aliphatic hydroxyl groups excluding tert-OH is 1. The van der Waals surface area contributed by atoms with Gasteiger partial charge >= 0.3 is 0 Å². The summed E-state index contributed by atoms with van der Waals surface area (Å²) >= 11 is 6.19. The lowest BCUT2D eigenvalue weighted by molar-refractivity contribution is 0.0696. The Kier molecular flexibility index (Phi) is 5.64. The third-order valence-corrected chi connectivity index (χ3v) is 6.42. The molecule has 5 rings (SSSR count). The van der Waals surface area contributed by atoms with Crippen LogP contribution in [0.4, 0.5) is 0 Å². The van der Waals surface area contributed by atoms with Crippen molar-refractivity contribution < 1.29 is 9.90 Å². The predicted octanol–water partition coefficient (Wildman–Crippen LogP) is 4.72. The molecule has 7 heteroatoms. The monoisotopic (exact) mass is 446 g/mol. The summed E-state index contributed by atoms with van der Waals surface area (Å²) in [5, 5.41) is 9.72. The van der Waals surface area contributed by atoms with Crippen molar-refractivity contribution in [2.75, 3.05) is 13.1 Å². The van der Waals surface area contributed by atoms with Crippen LogP contribution in [0, 0.1) is 0 Å². The molecule has 1 N–H and O–H groups in total. The van der Waals surface area contributed by atoms with Crippen LogP contribution in [0.2, 0.25) is 5.02 Å². The van der Waals surface area contributed by atoms with E-state index in [9.17, 15) is 9.90 Å². The fourth-order valence-electron chi connectivity index (χ4n) is 4.38. The van der Waals surface area contributed by atoms with Crippen LogP contribution in [0.5, 0.6) is 0 Å². The Morgan fingerprint density at radius 2 is 1.84 bits per heavy atom. The van der Waals surface area contributed by atoms with Crippen molar-refractivity contribution in [3.05, 3.63) is 83.0 Å². The number of amides is 1. The summed E-state index contributed by atoms with van der Waals surface area (Å²) in [6.45, 7) is 1.14. The van der Waals surface area contributed by atoms with Gasteiger partial charge in [0.05, 0.1) is 6.61 Å². The molecule has 162 valence electrons. The SMILES string of the molecule is O=C(c1ccc(CO)c(Cl)c1)N1CCC(n2c(-c3ccccc3)nc3cccnc32)CC1. The van der Waals surface area contributed by atoms with Crippen LogP contribution in [0.3, 0.4) is 0 Å². The highest BCUT2D eigenvalue weighted by Gasteiger charge is 2.28. The number of carbonyl (C=O) groups excluding carboxylic acids is 1. The zero-order chi connectivity index (χ0) is 22.1. The summed E-state index contributed by atoms with van der Waals surface area (Å²) in [6, 6.07) is 19.3. The molecule has 4 aromatic rings. The first-order valence-electron chi connectivity index (χ1n) is 10.7. The van der Waals surface area contributed by atoms with Gasteiger partial charge < -0.3 is 14.6 Å². The molecule has 2 aromatic carbocycles. The third-order valence-electron chi connectivity index (χ3n) is 6.07. The fourth-order valence-corrected chi connectivity index (χ4v) is 4.62. The Morgan fingerprint density at radius 3 is 2.56 bits per heavy atom. The number of nitrogens with zero attached hydrogens (tertiary/aromatic N) is 4. The van der Waals surface area contributed by atoms with E-state index in [1.165, 1.54) is 0 Å². The van der Waals surface area contributed by atoms with E-state index in [0.29, 0.717) is 29.2 Å². The van der Waals surface area contributed by atoms with Gasteiger partial charge in [0.25, 0.3) is 5.91 Å². The van der Waals surface area contributed by atoms with Gasteiger partial charge in [-0.2, -0.15) is 0 Å². The van der Waals surface area contributed by atoms with Crippen molar-refractivity contribution in [3.63, 3.8) is 0 Å². The van der Waals surface area contributed by atoms with Crippen molar-refractivity contribution in [2.45, 2.75) is 25.5 Å². The summed E-state index contributed by atoms with van der Waals surface area (Å²) in [5.41, 5.74) is 3.98. The average molecular weight is 447 g/mol. The minimum atomic E-state index is -0.144. The Balaban J connectivity index is 1.40. The largest absolute Gasteiger partial charge is 0.392 e. The van der Waals surface area contributed by atoms with Gasteiger partial charge in [-0.25, -0.2) is 9.97 Å². The first kappa shape index (κ1) is 20.7. The smallest absolute Gasteiger partial charge is 0.253 e. The molecule has 0 radical (unpaired) electrons. The lowest BCUT2D eigenvalue weighted by Crippen LogP contribution is -2.39. The van der Waals surface area contributed by atoms with Crippen LogP contribution in [0.25, 0.3) is 22.6 Å². The second-order valence-corrected chi connectivity index (χ2v) is 8.41. The van der Waals surface area contributed by atoms with Gasteiger partial charge in [0.1, 0.15) is 11.3 Å². The summed E-state index contributed by atoms with van der Waals surface area (Å²) < 4.78 is 2.24. The number of aliphatic hydroxyl groups is 1. The highest BCUT2D eigenvalue weighted by molar-refractivity contribution is 6.31. The van der Waals surface area contributed by atoms with E-state index < -0.39 is 0 Å². The highest BCUT2D eigenvalue weighted by Crippen LogP contribution is 2.33. The topological polar surface area (TPSA) is 71.2 Å². The van der Waals surface area contributed by atoms with Crippen molar-refractivity contribution in [2.24, 2.45) is 0 Å². The van der Waals surface area contributed by atoms with Gasteiger partial charge in [0.15, 0.2) is 5.65 Å². The van der Waals surface area contributed by atoms with E-state index >= 15 is 0 Å². The number of piperidine rings is 1. The fraction of sp³-hybridized carbons (Fsp3) is 0.240. The normalized spacial score (nSPS) is 14.8. The minimum Gasteiger partial charge on any atom is -0.392 e. The lowest BCUT2D eigenvalue weighted by atomic mass is 10.0. The molecule has 1 aliphatic rings. The molecule has 1 amide bonds. The Hall–Kier alpha value is -3.22. The third kappa shape index (κ3) is 3.76. The molecule has 1 saturated heterocycles. The highest BCUT2D eigenvalue weighted by atomic mass is 35.5. The molecular weight excluding hydrogens is 424 g/mol. The van der Waals surface area contributed by atoms with Crippen LogP contribution in [0.15, 0.2) is 66.9 Å². The molecule has 3 heterocycles. The Bertz CT molecular complexity index is 1260. The number of pyridine rings is 1. The first-order valence-corrected chi connectivity index (χ1v) is 11.1. The van der Waals surface area contributed by atoms with Crippen LogP contribution >= 0.6 is 11.6 Å². The number of likely N-dealkylation sites (tertiary alicyclic amines) is 1. The summed E-state index contributed by atoms with van der Waals surface area (Å²) in [5.74, 6) is 0.877. The number of fused-ring (bicyclic) bond motifs is 1. The average Bonchev–Trinajstić information content (AvgIpc) is 3.24. The number of imidazole rings is 1. The van der Waals surface area contributed by atoms with Crippen molar-refractivity contribution >= 4 is 28.7 Å². The molecule has 32 heavy (non-hydrogen) atoms. The van der Waals surface area contributed by atoms with Gasteiger partial charge in [-0.05, 0) is 42.7 Å². The molecule has 2 aromatic heterocycles. The summed E-state index contributed by atoms with van der Waals surface area (Å²) in [7, 11) is 0. The van der Waals surface area contributed by atoms with E-state index in [2.05, 4.69) is 21.7 Å². The van der Waals surface area contributed by atoms with E-state index in [0.717, 1.165) is 35.4 Å². The molecule has 6 nitrogen and oxygen atoms in total. The zero-order valence-corrected chi connectivity index (χ0v) is 18.2. The number of aromatic nitrogens is 3. The van der Waals surface area contributed by atoms with Gasteiger partial charge in [0, 0.05) is 41.5 Å². The van der Waals surface area contributed by atoms with E-state index in [1.807, 2.05) is 35.2 Å². The molecule has 0 bridgehead atoms. The standard InChI is InChI=1S/C25H23ClN4O2/c26-21-15-18(8-9-19(21)16-31)25(32)29-13-10-20(11-14-29)30-23(17-5-2-1-3-6-17)28-22-7-4-12-27-24(22)30/h1-9,12,15,20,31H,10-11,13-14,16H2. The number of hydrogen-bond donors (Lipinski definition) is 1. The second kappa shape index (κ2) is 8.73. The molecule has 1 aliphatic heterocycles. The van der Waals surface area contributed by atoms with Crippen molar-refractivity contribution in [1.29, 1.82) is 0 Å². The Morgan fingerprint density at radius 1 is 1.06 bits per heavy atom. The quantitative estimate of drug-likeness (QED) is 0.492. The number of halogens is 1. The Labute approximate surface area is 191 Å². The van der Waals surface area contributed by atoms with Gasteiger partial charge in [0.2, 0.25) is 0 Å². The first-order chi connectivity index (χ1) is 15.7. The van der Waals surface area contributed by atoms with Gasteiger partial charge in [-0.3, -0.25) is 4.79 Å². The van der Waals surface area contributed by atoms with Crippen molar-refractivity contribution in [1.82, 2.24) is 19.4 Å². The van der Waals surface area contributed by atoms with Crippen LogP contribution in [-0.2, 0) is 6.61 Å². The van der Waals surface area contributed by atoms with E-state index in [4.69, 9.17) is 16.6 Å².